The van der Waals surface area contributed by atoms with Crippen molar-refractivity contribution in [2.45, 2.75) is 6.54 Å². The fourth-order valence-corrected chi connectivity index (χ4v) is 1.89. The molecule has 0 saturated carbocycles. The largest absolute Gasteiger partial charge is 0.465 e. The number of nitrogens with zero attached hydrogens (tertiary/aromatic N) is 3. The van der Waals surface area contributed by atoms with Gasteiger partial charge in [0.15, 0.2) is 5.82 Å². The first kappa shape index (κ1) is 14.0. The van der Waals surface area contributed by atoms with Crippen LogP contribution in [0.25, 0.3) is 0 Å². The van der Waals surface area contributed by atoms with Crippen molar-refractivity contribution in [1.82, 2.24) is 9.78 Å². The third-order valence-corrected chi connectivity index (χ3v) is 2.95. The molecule has 2 rings (SSSR count). The number of carbonyl (C=O) groups excluding carboxylic acids is 1. The minimum Gasteiger partial charge on any atom is -0.465 e. The summed E-state index contributed by atoms with van der Waals surface area (Å²) in [4.78, 5) is 13.2. The molecule has 0 saturated heterocycles. The van der Waals surface area contributed by atoms with E-state index in [2.05, 4.69) is 9.84 Å². The van der Waals surface area contributed by atoms with Crippen LogP contribution >= 0.6 is 0 Å². The number of hydrogen-bond donors (Lipinski definition) is 0. The molecule has 0 bridgehead atoms. The summed E-state index contributed by atoms with van der Waals surface area (Å²) in [5.74, 6) is -0.458. The Morgan fingerprint density at radius 2 is 2.20 bits per heavy atom. The van der Waals surface area contributed by atoms with Crippen LogP contribution in [0.4, 0.5) is 10.2 Å². The lowest BCUT2D eigenvalue weighted by atomic mass is 10.1. The molecule has 0 aliphatic heterocycles. The van der Waals surface area contributed by atoms with Crippen molar-refractivity contribution in [3.05, 3.63) is 47.4 Å². The fraction of sp³-hybridized carbons (Fsp3) is 0.286. The fourth-order valence-electron chi connectivity index (χ4n) is 1.89. The highest BCUT2D eigenvalue weighted by Crippen LogP contribution is 2.16. The highest BCUT2D eigenvalue weighted by Gasteiger charge is 2.13. The normalized spacial score (nSPS) is 10.4. The molecule has 0 amide bonds. The van der Waals surface area contributed by atoms with Crippen molar-refractivity contribution in [3.63, 3.8) is 0 Å². The van der Waals surface area contributed by atoms with E-state index in [1.54, 1.807) is 10.7 Å². The van der Waals surface area contributed by atoms with E-state index in [1.165, 1.54) is 19.2 Å². The van der Waals surface area contributed by atoms with Gasteiger partial charge in [-0.1, -0.05) is 6.07 Å². The first-order chi connectivity index (χ1) is 9.51. The summed E-state index contributed by atoms with van der Waals surface area (Å²) in [6, 6.07) is 6.35. The molecule has 0 radical (unpaired) electrons. The Bertz CT molecular complexity index is 625. The van der Waals surface area contributed by atoms with Gasteiger partial charge in [-0.15, -0.1) is 0 Å². The standard InChI is InChI=1S/C14H16FN3O2/c1-17(13-6-7-18(2)16-13)9-10-4-5-11(12(15)8-10)14(19)20-3/h4-8H,9H2,1-3H3. The number of carbonyl (C=O) groups is 1. The molecule has 0 N–H and O–H groups in total. The Labute approximate surface area is 116 Å². The van der Waals surface area contributed by atoms with E-state index in [-0.39, 0.29) is 5.56 Å². The number of aromatic nitrogens is 2. The van der Waals surface area contributed by atoms with Crippen molar-refractivity contribution in [2.75, 3.05) is 19.1 Å². The maximum Gasteiger partial charge on any atom is 0.340 e. The van der Waals surface area contributed by atoms with Gasteiger partial charge in [0.25, 0.3) is 0 Å². The minimum absolute atomic E-state index is 0.0586. The zero-order valence-corrected chi connectivity index (χ0v) is 11.6. The molecule has 20 heavy (non-hydrogen) atoms. The lowest BCUT2D eigenvalue weighted by molar-refractivity contribution is 0.0595. The van der Waals surface area contributed by atoms with E-state index in [1.807, 2.05) is 31.3 Å². The Balaban J connectivity index is 2.14. The van der Waals surface area contributed by atoms with Crippen LogP contribution in [0.3, 0.4) is 0 Å². The second kappa shape index (κ2) is 5.73. The SMILES string of the molecule is COC(=O)c1ccc(CN(C)c2ccn(C)n2)cc1F. The number of halogens is 1. The first-order valence-electron chi connectivity index (χ1n) is 6.09. The average Bonchev–Trinajstić information content (AvgIpc) is 2.85. The van der Waals surface area contributed by atoms with Crippen molar-refractivity contribution in [1.29, 1.82) is 0 Å². The summed E-state index contributed by atoms with van der Waals surface area (Å²) in [6.07, 6.45) is 1.84. The predicted molar refractivity (Wildman–Crippen MR) is 73.1 cm³/mol. The molecule has 106 valence electrons. The van der Waals surface area contributed by atoms with Crippen molar-refractivity contribution in [2.24, 2.45) is 7.05 Å². The molecule has 0 aliphatic carbocycles. The van der Waals surface area contributed by atoms with E-state index in [9.17, 15) is 9.18 Å². The molecule has 0 fully saturated rings. The molecule has 1 aromatic carbocycles. The summed E-state index contributed by atoms with van der Waals surface area (Å²) in [7, 11) is 4.93. The van der Waals surface area contributed by atoms with E-state index >= 15 is 0 Å². The summed E-state index contributed by atoms with van der Waals surface area (Å²) in [5.41, 5.74) is 0.694. The van der Waals surface area contributed by atoms with Gasteiger partial charge in [-0.25, -0.2) is 9.18 Å². The first-order valence-corrected chi connectivity index (χ1v) is 6.09. The van der Waals surface area contributed by atoms with E-state index in [4.69, 9.17) is 0 Å². The number of anilines is 1. The molecule has 1 aromatic heterocycles. The lowest BCUT2D eigenvalue weighted by Crippen LogP contribution is -2.17. The smallest absolute Gasteiger partial charge is 0.340 e. The summed E-state index contributed by atoms with van der Waals surface area (Å²) in [5, 5.41) is 4.26. The molecule has 6 heteroatoms. The topological polar surface area (TPSA) is 47.4 Å². The summed E-state index contributed by atoms with van der Waals surface area (Å²) >= 11 is 0. The highest BCUT2D eigenvalue weighted by atomic mass is 19.1. The van der Waals surface area contributed by atoms with E-state index < -0.39 is 11.8 Å². The maximum atomic E-state index is 13.8. The molecule has 0 spiro atoms. The molecule has 1 heterocycles. The molecule has 0 unspecified atom stereocenters. The van der Waals surface area contributed by atoms with Crippen LogP contribution in [-0.2, 0) is 18.3 Å². The number of ether oxygens (including phenoxy) is 1. The number of benzene rings is 1. The van der Waals surface area contributed by atoms with Crippen LogP contribution < -0.4 is 4.90 Å². The van der Waals surface area contributed by atoms with Crippen LogP contribution in [0.2, 0.25) is 0 Å². The lowest BCUT2D eigenvalue weighted by Gasteiger charge is -2.16. The quantitative estimate of drug-likeness (QED) is 0.802. The van der Waals surface area contributed by atoms with Gasteiger partial charge >= 0.3 is 5.97 Å². The molecule has 5 nitrogen and oxygen atoms in total. The minimum atomic E-state index is -0.674. The second-order valence-corrected chi connectivity index (χ2v) is 4.51. The Hall–Kier alpha value is -2.37. The zero-order valence-electron chi connectivity index (χ0n) is 11.6. The Morgan fingerprint density at radius 1 is 1.45 bits per heavy atom. The van der Waals surface area contributed by atoms with Gasteiger partial charge in [0, 0.05) is 32.9 Å². The predicted octanol–water partition coefficient (Wildman–Crippen LogP) is 1.98. The second-order valence-electron chi connectivity index (χ2n) is 4.51. The van der Waals surface area contributed by atoms with Gasteiger partial charge in [-0.05, 0) is 17.7 Å². The summed E-state index contributed by atoms with van der Waals surface area (Å²) < 4.78 is 20.0. The highest BCUT2D eigenvalue weighted by molar-refractivity contribution is 5.89. The third-order valence-electron chi connectivity index (χ3n) is 2.95. The van der Waals surface area contributed by atoms with Gasteiger partial charge < -0.3 is 9.64 Å². The average molecular weight is 277 g/mol. The van der Waals surface area contributed by atoms with Crippen molar-refractivity contribution < 1.29 is 13.9 Å². The third kappa shape index (κ3) is 2.96. The monoisotopic (exact) mass is 277 g/mol. The van der Waals surface area contributed by atoms with Crippen LogP contribution in [0.5, 0.6) is 0 Å². The molecule has 2 aromatic rings. The van der Waals surface area contributed by atoms with Crippen LogP contribution in [0.15, 0.2) is 30.5 Å². The Kier molecular flexibility index (Phi) is 4.02. The number of esters is 1. The van der Waals surface area contributed by atoms with Crippen molar-refractivity contribution in [3.8, 4) is 0 Å². The Morgan fingerprint density at radius 3 is 2.75 bits per heavy atom. The number of rotatable bonds is 4. The van der Waals surface area contributed by atoms with Gasteiger partial charge in [-0.2, -0.15) is 5.10 Å². The number of methoxy groups -OCH3 is 1. The molecular formula is C14H16FN3O2. The van der Waals surface area contributed by atoms with E-state index in [0.29, 0.717) is 6.54 Å². The van der Waals surface area contributed by atoms with Gasteiger partial charge in [0.05, 0.1) is 12.7 Å². The number of hydrogen-bond acceptors (Lipinski definition) is 4. The zero-order chi connectivity index (χ0) is 14.7. The molecule has 0 aliphatic rings. The van der Waals surface area contributed by atoms with Gasteiger partial charge in [0.2, 0.25) is 0 Å². The molecular weight excluding hydrogens is 261 g/mol. The van der Waals surface area contributed by atoms with E-state index in [0.717, 1.165) is 11.4 Å². The van der Waals surface area contributed by atoms with Crippen LogP contribution in [-0.4, -0.2) is 29.9 Å². The maximum absolute atomic E-state index is 13.8. The van der Waals surface area contributed by atoms with Crippen molar-refractivity contribution >= 4 is 11.8 Å². The number of aryl methyl sites for hydroxylation is 1. The van der Waals surface area contributed by atoms with Gasteiger partial charge in [0.1, 0.15) is 5.82 Å². The van der Waals surface area contributed by atoms with Gasteiger partial charge in [-0.3, -0.25) is 4.68 Å². The van der Waals surface area contributed by atoms with Crippen LogP contribution in [0, 0.1) is 5.82 Å². The summed E-state index contributed by atoms with van der Waals surface area (Å²) in [6.45, 7) is 0.495. The molecule has 0 atom stereocenters. The van der Waals surface area contributed by atoms with Crippen LogP contribution in [0.1, 0.15) is 15.9 Å².